The van der Waals surface area contributed by atoms with Crippen molar-refractivity contribution in [1.29, 1.82) is 0 Å². The van der Waals surface area contributed by atoms with Crippen molar-refractivity contribution in [2.45, 2.75) is 43.5 Å². The van der Waals surface area contributed by atoms with Crippen LogP contribution in [0.15, 0.2) is 29.4 Å². The molecule has 1 atom stereocenters. The summed E-state index contributed by atoms with van der Waals surface area (Å²) in [5, 5.41) is 12.3. The molecule has 4 rings (SSSR count). The molecule has 0 unspecified atom stereocenters. The molecule has 2 fully saturated rings. The normalized spacial score (nSPS) is 19.8. The Labute approximate surface area is 161 Å². The number of ether oxygens (including phenoxy) is 1. The first kappa shape index (κ1) is 18.1. The number of hydrogen-bond donors (Lipinski definition) is 0. The van der Waals surface area contributed by atoms with Crippen LogP contribution in [0.2, 0.25) is 0 Å². The molecular weight excluding hydrogens is 366 g/mol. The van der Waals surface area contributed by atoms with Crippen LogP contribution in [0.5, 0.6) is 0 Å². The minimum atomic E-state index is 0.00552. The molecule has 0 bridgehead atoms. The van der Waals surface area contributed by atoms with E-state index in [0.29, 0.717) is 23.7 Å². The second kappa shape index (κ2) is 8.18. The molecule has 2 aliphatic rings. The van der Waals surface area contributed by atoms with Crippen molar-refractivity contribution in [3.05, 3.63) is 29.8 Å². The lowest BCUT2D eigenvalue weighted by Crippen LogP contribution is -2.23. The van der Waals surface area contributed by atoms with Gasteiger partial charge in [-0.3, -0.25) is 9.59 Å². The van der Waals surface area contributed by atoms with Crippen LogP contribution in [-0.2, 0) is 16.1 Å². The molecule has 2 aromatic rings. The number of carbonyl (C=O) groups is 2. The van der Waals surface area contributed by atoms with Crippen LogP contribution in [-0.4, -0.2) is 56.9 Å². The molecule has 27 heavy (non-hydrogen) atoms. The highest BCUT2D eigenvalue weighted by atomic mass is 32.2. The maximum atomic E-state index is 12.5. The van der Waals surface area contributed by atoms with Gasteiger partial charge in [-0.15, -0.1) is 5.10 Å². The molecule has 0 aliphatic carbocycles. The highest BCUT2D eigenvalue weighted by molar-refractivity contribution is 7.99. The van der Waals surface area contributed by atoms with E-state index < -0.39 is 0 Å². The number of benzene rings is 1. The van der Waals surface area contributed by atoms with Gasteiger partial charge in [0.15, 0.2) is 5.78 Å². The van der Waals surface area contributed by atoms with E-state index in [4.69, 9.17) is 4.74 Å². The predicted molar refractivity (Wildman–Crippen MR) is 99.9 cm³/mol. The molecule has 142 valence electrons. The van der Waals surface area contributed by atoms with E-state index in [1.54, 1.807) is 21.7 Å². The molecule has 8 nitrogen and oxygen atoms in total. The molecule has 2 aliphatic heterocycles. The van der Waals surface area contributed by atoms with Crippen molar-refractivity contribution < 1.29 is 14.3 Å². The lowest BCUT2D eigenvalue weighted by molar-refractivity contribution is -0.117. The minimum absolute atomic E-state index is 0.00552. The van der Waals surface area contributed by atoms with Gasteiger partial charge in [-0.2, -0.15) is 0 Å². The fourth-order valence-electron chi connectivity index (χ4n) is 3.36. The number of nitrogens with zero attached hydrogens (tertiary/aromatic N) is 5. The van der Waals surface area contributed by atoms with Crippen LogP contribution in [0, 0.1) is 0 Å². The number of tetrazole rings is 1. The van der Waals surface area contributed by atoms with Gasteiger partial charge in [-0.25, -0.2) is 4.68 Å². The van der Waals surface area contributed by atoms with Crippen LogP contribution in [0.4, 0.5) is 5.69 Å². The second-order valence-electron chi connectivity index (χ2n) is 6.69. The number of amides is 1. The van der Waals surface area contributed by atoms with E-state index in [-0.39, 0.29) is 23.5 Å². The first-order valence-electron chi connectivity index (χ1n) is 9.15. The summed E-state index contributed by atoms with van der Waals surface area (Å²) >= 11 is 1.33. The smallest absolute Gasteiger partial charge is 0.227 e. The molecule has 1 amide bonds. The standard InChI is InChI=1S/C18H21N5O3S/c24-16(13-5-7-14(8-6-13)22-9-1-4-17(22)25)12-27-18-19-20-21-23(18)11-15-3-2-10-26-15/h5-8,15H,1-4,9-12H2/t15-/m0/s1. The van der Waals surface area contributed by atoms with Crippen LogP contribution < -0.4 is 4.90 Å². The largest absolute Gasteiger partial charge is 0.376 e. The third-order valence-electron chi connectivity index (χ3n) is 4.81. The summed E-state index contributed by atoms with van der Waals surface area (Å²) < 4.78 is 7.32. The van der Waals surface area contributed by atoms with Crippen LogP contribution in [0.1, 0.15) is 36.0 Å². The van der Waals surface area contributed by atoms with Crippen molar-refractivity contribution in [2.75, 3.05) is 23.8 Å². The average molecular weight is 387 g/mol. The quantitative estimate of drug-likeness (QED) is 0.530. The predicted octanol–water partition coefficient (Wildman–Crippen LogP) is 1.95. The zero-order chi connectivity index (χ0) is 18.6. The summed E-state index contributed by atoms with van der Waals surface area (Å²) in [5.74, 6) is 0.405. The van der Waals surface area contributed by atoms with Gasteiger partial charge in [-0.05, 0) is 54.0 Å². The Morgan fingerprint density at radius 1 is 1.26 bits per heavy atom. The topological polar surface area (TPSA) is 90.2 Å². The van der Waals surface area contributed by atoms with E-state index in [2.05, 4.69) is 15.5 Å². The molecule has 0 N–H and O–H groups in total. The summed E-state index contributed by atoms with van der Waals surface area (Å²) in [6.07, 6.45) is 3.69. The van der Waals surface area contributed by atoms with E-state index in [0.717, 1.165) is 38.1 Å². The minimum Gasteiger partial charge on any atom is -0.376 e. The second-order valence-corrected chi connectivity index (χ2v) is 7.63. The number of rotatable bonds is 7. The number of carbonyl (C=O) groups excluding carboxylic acids is 2. The van der Waals surface area contributed by atoms with Gasteiger partial charge in [-0.1, -0.05) is 11.8 Å². The highest BCUT2D eigenvalue weighted by Gasteiger charge is 2.22. The van der Waals surface area contributed by atoms with Gasteiger partial charge in [0.1, 0.15) is 0 Å². The molecule has 1 aromatic carbocycles. The zero-order valence-corrected chi connectivity index (χ0v) is 15.7. The number of anilines is 1. The van der Waals surface area contributed by atoms with Crippen molar-refractivity contribution in [2.24, 2.45) is 0 Å². The zero-order valence-electron chi connectivity index (χ0n) is 14.9. The highest BCUT2D eigenvalue weighted by Crippen LogP contribution is 2.23. The molecule has 9 heteroatoms. The molecule has 0 saturated carbocycles. The number of Topliss-reactive ketones (excluding diaryl/α,β-unsaturated/α-hetero) is 1. The van der Waals surface area contributed by atoms with Gasteiger partial charge in [0.25, 0.3) is 0 Å². The molecule has 1 aromatic heterocycles. The van der Waals surface area contributed by atoms with E-state index in [9.17, 15) is 9.59 Å². The van der Waals surface area contributed by atoms with E-state index in [1.807, 2.05) is 12.1 Å². The van der Waals surface area contributed by atoms with Crippen molar-refractivity contribution in [1.82, 2.24) is 20.2 Å². The van der Waals surface area contributed by atoms with E-state index in [1.165, 1.54) is 11.8 Å². The Morgan fingerprint density at radius 2 is 2.11 bits per heavy atom. The first-order chi connectivity index (χ1) is 13.2. The molecular formula is C18H21N5O3S. The monoisotopic (exact) mass is 387 g/mol. The number of hydrogen-bond acceptors (Lipinski definition) is 7. The Hall–Kier alpha value is -2.26. The maximum Gasteiger partial charge on any atom is 0.227 e. The fraction of sp³-hybridized carbons (Fsp3) is 0.500. The molecule has 3 heterocycles. The Morgan fingerprint density at radius 3 is 2.81 bits per heavy atom. The third-order valence-corrected chi connectivity index (χ3v) is 5.76. The summed E-state index contributed by atoms with van der Waals surface area (Å²) in [7, 11) is 0. The van der Waals surface area contributed by atoms with Crippen molar-refractivity contribution in [3.8, 4) is 0 Å². The van der Waals surface area contributed by atoms with Crippen molar-refractivity contribution >= 4 is 29.1 Å². The van der Waals surface area contributed by atoms with E-state index >= 15 is 0 Å². The van der Waals surface area contributed by atoms with Crippen LogP contribution >= 0.6 is 11.8 Å². The Kier molecular flexibility index (Phi) is 5.49. The summed E-state index contributed by atoms with van der Waals surface area (Å²) in [4.78, 5) is 26.1. The summed E-state index contributed by atoms with van der Waals surface area (Å²) in [6.45, 7) is 2.14. The SMILES string of the molecule is O=C(CSc1nnnn1C[C@@H]1CCCO1)c1ccc(N2CCCC2=O)cc1. The van der Waals surface area contributed by atoms with Gasteiger partial charge in [0.05, 0.1) is 18.4 Å². The van der Waals surface area contributed by atoms with Gasteiger partial charge in [0, 0.05) is 30.8 Å². The number of thioether (sulfide) groups is 1. The molecule has 0 spiro atoms. The Balaban J connectivity index is 1.34. The fourth-order valence-corrected chi connectivity index (χ4v) is 4.14. The van der Waals surface area contributed by atoms with Gasteiger partial charge in [0.2, 0.25) is 11.1 Å². The van der Waals surface area contributed by atoms with Crippen LogP contribution in [0.25, 0.3) is 0 Å². The third kappa shape index (κ3) is 4.19. The molecule has 2 saturated heterocycles. The van der Waals surface area contributed by atoms with Gasteiger partial charge >= 0.3 is 0 Å². The lowest BCUT2D eigenvalue weighted by Gasteiger charge is -2.15. The van der Waals surface area contributed by atoms with Gasteiger partial charge < -0.3 is 9.64 Å². The van der Waals surface area contributed by atoms with Crippen molar-refractivity contribution in [3.63, 3.8) is 0 Å². The lowest BCUT2D eigenvalue weighted by atomic mass is 10.1. The number of aromatic nitrogens is 4. The Bertz CT molecular complexity index is 817. The maximum absolute atomic E-state index is 12.5. The average Bonchev–Trinajstić information content (AvgIpc) is 3.43. The van der Waals surface area contributed by atoms with Crippen LogP contribution in [0.3, 0.4) is 0 Å². The summed E-state index contributed by atoms with van der Waals surface area (Å²) in [5.41, 5.74) is 1.47. The summed E-state index contributed by atoms with van der Waals surface area (Å²) in [6, 6.07) is 7.23. The number of ketones is 1. The first-order valence-corrected chi connectivity index (χ1v) is 10.1. The molecule has 0 radical (unpaired) electrons.